The highest BCUT2D eigenvalue weighted by atomic mass is 16.2. The molecule has 7 heteroatoms. The SMILES string of the molecule is CCCCCN(CCCCNCCCc1ccccc1)c1cccc2c1CN(C1CCC(=O)NC1=O)C2=O. The third kappa shape index (κ3) is 7.22. The fourth-order valence-electron chi connectivity index (χ4n) is 5.51. The van der Waals surface area contributed by atoms with Crippen LogP contribution in [0, 0.1) is 0 Å². The molecule has 0 saturated carbocycles. The van der Waals surface area contributed by atoms with Crippen molar-refractivity contribution in [3.8, 4) is 0 Å². The maximum absolute atomic E-state index is 13.3. The molecule has 38 heavy (non-hydrogen) atoms. The molecule has 204 valence electrons. The summed E-state index contributed by atoms with van der Waals surface area (Å²) in [6, 6.07) is 16.0. The van der Waals surface area contributed by atoms with Gasteiger partial charge in [-0.2, -0.15) is 0 Å². The van der Waals surface area contributed by atoms with Crippen LogP contribution in [0.4, 0.5) is 5.69 Å². The molecule has 0 spiro atoms. The highest BCUT2D eigenvalue weighted by molar-refractivity contribution is 6.06. The minimum absolute atomic E-state index is 0.107. The summed E-state index contributed by atoms with van der Waals surface area (Å²) in [6.45, 7) is 6.57. The van der Waals surface area contributed by atoms with Gasteiger partial charge in [0.1, 0.15) is 6.04 Å². The lowest BCUT2D eigenvalue weighted by Crippen LogP contribution is -2.52. The Morgan fingerprint density at radius 3 is 2.45 bits per heavy atom. The van der Waals surface area contributed by atoms with E-state index in [1.165, 1.54) is 12.0 Å². The fraction of sp³-hybridized carbons (Fsp3) is 0.516. The van der Waals surface area contributed by atoms with Crippen molar-refractivity contribution in [1.82, 2.24) is 15.5 Å². The van der Waals surface area contributed by atoms with E-state index in [0.717, 1.165) is 76.0 Å². The van der Waals surface area contributed by atoms with Crippen LogP contribution in [0.25, 0.3) is 0 Å². The molecule has 2 aliphatic heterocycles. The van der Waals surface area contributed by atoms with Gasteiger partial charge in [0.05, 0.1) is 0 Å². The minimum atomic E-state index is -0.582. The highest BCUT2D eigenvalue weighted by Crippen LogP contribution is 2.34. The van der Waals surface area contributed by atoms with E-state index in [0.29, 0.717) is 18.5 Å². The molecular weight excluding hydrogens is 476 g/mol. The molecule has 0 radical (unpaired) electrons. The van der Waals surface area contributed by atoms with Crippen molar-refractivity contribution in [2.45, 2.75) is 77.3 Å². The molecule has 0 aliphatic carbocycles. The predicted octanol–water partition coefficient (Wildman–Crippen LogP) is 4.45. The Hall–Kier alpha value is -3.19. The van der Waals surface area contributed by atoms with Crippen LogP contribution in [-0.2, 0) is 22.6 Å². The standard InChI is InChI=1S/C31H42N4O3/c1-2-3-8-21-34(22-9-7-19-32-20-11-14-24-12-5-4-6-13-24)27-16-10-15-25-26(27)23-35(31(25)38)28-17-18-29(36)33-30(28)37/h4-6,10,12-13,15-16,28,32H,2-3,7-9,11,14,17-23H2,1H3,(H,33,36,37). The number of benzene rings is 2. The molecule has 1 atom stereocenters. The van der Waals surface area contributed by atoms with Crippen molar-refractivity contribution in [2.75, 3.05) is 31.1 Å². The average molecular weight is 519 g/mol. The van der Waals surface area contributed by atoms with E-state index in [1.54, 1.807) is 4.90 Å². The van der Waals surface area contributed by atoms with Crippen molar-refractivity contribution in [1.29, 1.82) is 0 Å². The van der Waals surface area contributed by atoms with Crippen LogP contribution < -0.4 is 15.5 Å². The fourth-order valence-corrected chi connectivity index (χ4v) is 5.51. The number of carbonyl (C=O) groups excluding carboxylic acids is 3. The molecule has 1 saturated heterocycles. The number of fused-ring (bicyclic) bond motifs is 1. The molecular formula is C31H42N4O3. The molecule has 2 heterocycles. The molecule has 0 aromatic heterocycles. The lowest BCUT2D eigenvalue weighted by atomic mass is 10.0. The number of aryl methyl sites for hydroxylation is 1. The van der Waals surface area contributed by atoms with Gasteiger partial charge in [-0.05, 0) is 69.3 Å². The number of amides is 3. The monoisotopic (exact) mass is 518 g/mol. The summed E-state index contributed by atoms with van der Waals surface area (Å²) in [4.78, 5) is 41.5. The summed E-state index contributed by atoms with van der Waals surface area (Å²) < 4.78 is 0. The molecule has 1 fully saturated rings. The average Bonchev–Trinajstić information content (AvgIpc) is 3.26. The molecule has 0 bridgehead atoms. The van der Waals surface area contributed by atoms with E-state index in [9.17, 15) is 14.4 Å². The van der Waals surface area contributed by atoms with E-state index in [4.69, 9.17) is 0 Å². The Balaban J connectivity index is 1.31. The van der Waals surface area contributed by atoms with Gasteiger partial charge in [-0.15, -0.1) is 0 Å². The molecule has 7 nitrogen and oxygen atoms in total. The molecule has 2 aliphatic rings. The van der Waals surface area contributed by atoms with Crippen LogP contribution in [-0.4, -0.2) is 54.8 Å². The van der Waals surface area contributed by atoms with Gasteiger partial charge in [0.15, 0.2) is 0 Å². The lowest BCUT2D eigenvalue weighted by Gasteiger charge is -2.30. The molecule has 2 N–H and O–H groups in total. The van der Waals surface area contributed by atoms with Gasteiger partial charge in [-0.3, -0.25) is 19.7 Å². The van der Waals surface area contributed by atoms with E-state index in [1.807, 2.05) is 12.1 Å². The summed E-state index contributed by atoms with van der Waals surface area (Å²) in [5.74, 6) is -0.728. The van der Waals surface area contributed by atoms with E-state index in [-0.39, 0.29) is 24.1 Å². The number of unbranched alkanes of at least 4 members (excludes halogenated alkanes) is 3. The Bertz CT molecular complexity index is 1090. The van der Waals surface area contributed by atoms with E-state index >= 15 is 0 Å². The number of anilines is 1. The van der Waals surface area contributed by atoms with Crippen LogP contribution in [0.3, 0.4) is 0 Å². The second kappa shape index (κ2) is 14.1. The molecule has 3 amide bonds. The first-order chi connectivity index (χ1) is 18.6. The zero-order chi connectivity index (χ0) is 26.7. The van der Waals surface area contributed by atoms with Crippen LogP contribution in [0.2, 0.25) is 0 Å². The first-order valence-electron chi connectivity index (χ1n) is 14.3. The zero-order valence-electron chi connectivity index (χ0n) is 22.7. The van der Waals surface area contributed by atoms with Crippen LogP contribution in [0.1, 0.15) is 79.8 Å². The van der Waals surface area contributed by atoms with Gasteiger partial charge >= 0.3 is 0 Å². The Labute approximate surface area is 227 Å². The molecule has 2 aromatic rings. The number of nitrogens with one attached hydrogen (secondary N) is 2. The zero-order valence-corrected chi connectivity index (χ0v) is 22.7. The first kappa shape index (κ1) is 27.8. The number of carbonyl (C=O) groups is 3. The largest absolute Gasteiger partial charge is 0.371 e. The van der Waals surface area contributed by atoms with Crippen LogP contribution in [0.15, 0.2) is 48.5 Å². The number of nitrogens with zero attached hydrogens (tertiary/aromatic N) is 2. The van der Waals surface area contributed by atoms with Gasteiger partial charge in [0, 0.05) is 42.9 Å². The van der Waals surface area contributed by atoms with Crippen LogP contribution in [0.5, 0.6) is 0 Å². The van der Waals surface area contributed by atoms with Gasteiger partial charge in [-0.1, -0.05) is 56.2 Å². The van der Waals surface area contributed by atoms with Gasteiger partial charge in [0.2, 0.25) is 11.8 Å². The molecule has 4 rings (SSSR count). The molecule has 2 aromatic carbocycles. The first-order valence-corrected chi connectivity index (χ1v) is 14.3. The Kier molecular flexibility index (Phi) is 10.3. The smallest absolute Gasteiger partial charge is 0.255 e. The van der Waals surface area contributed by atoms with Crippen molar-refractivity contribution < 1.29 is 14.4 Å². The third-order valence-corrected chi connectivity index (χ3v) is 7.62. The van der Waals surface area contributed by atoms with Crippen molar-refractivity contribution in [2.24, 2.45) is 0 Å². The number of rotatable bonds is 15. The van der Waals surface area contributed by atoms with Gasteiger partial charge in [0.25, 0.3) is 5.91 Å². The van der Waals surface area contributed by atoms with Gasteiger partial charge in [-0.25, -0.2) is 0 Å². The predicted molar refractivity (Wildman–Crippen MR) is 151 cm³/mol. The van der Waals surface area contributed by atoms with Crippen molar-refractivity contribution in [3.05, 3.63) is 65.2 Å². The topological polar surface area (TPSA) is 81.8 Å². The summed E-state index contributed by atoms with van der Waals surface area (Å²) in [5.41, 5.74) is 4.20. The third-order valence-electron chi connectivity index (χ3n) is 7.62. The summed E-state index contributed by atoms with van der Waals surface area (Å²) in [5, 5.41) is 5.98. The Morgan fingerprint density at radius 2 is 1.68 bits per heavy atom. The van der Waals surface area contributed by atoms with Crippen molar-refractivity contribution >= 4 is 23.4 Å². The normalized spacial score (nSPS) is 17.0. The highest BCUT2D eigenvalue weighted by Gasteiger charge is 2.40. The minimum Gasteiger partial charge on any atom is -0.371 e. The quantitative estimate of drug-likeness (QED) is 0.269. The van der Waals surface area contributed by atoms with E-state index < -0.39 is 6.04 Å². The second-order valence-electron chi connectivity index (χ2n) is 10.4. The van der Waals surface area contributed by atoms with E-state index in [2.05, 4.69) is 58.9 Å². The lowest BCUT2D eigenvalue weighted by molar-refractivity contribution is -0.136. The molecule has 1 unspecified atom stereocenters. The maximum atomic E-state index is 13.3. The van der Waals surface area contributed by atoms with Gasteiger partial charge < -0.3 is 15.1 Å². The number of imide groups is 1. The number of hydrogen-bond donors (Lipinski definition) is 2. The number of piperidine rings is 1. The summed E-state index contributed by atoms with van der Waals surface area (Å²) >= 11 is 0. The summed E-state index contributed by atoms with van der Waals surface area (Å²) in [7, 11) is 0. The maximum Gasteiger partial charge on any atom is 0.255 e. The van der Waals surface area contributed by atoms with Crippen LogP contribution >= 0.6 is 0 Å². The Morgan fingerprint density at radius 1 is 0.921 bits per heavy atom. The van der Waals surface area contributed by atoms with Crippen molar-refractivity contribution in [3.63, 3.8) is 0 Å². The second-order valence-corrected chi connectivity index (χ2v) is 10.4. The summed E-state index contributed by atoms with van der Waals surface area (Å²) in [6.07, 6.45) is 8.53. The number of hydrogen-bond acceptors (Lipinski definition) is 5.